The molecule has 0 bridgehead atoms. The van der Waals surface area contributed by atoms with Crippen molar-refractivity contribution in [3.8, 4) is 11.4 Å². The maximum absolute atomic E-state index is 12.0. The van der Waals surface area contributed by atoms with E-state index in [1.54, 1.807) is 11.3 Å². The molecule has 4 aromatic heterocycles. The number of methoxy groups -OCH3 is 1. The normalized spacial score (nSPS) is 11.3. The van der Waals surface area contributed by atoms with Crippen molar-refractivity contribution in [1.82, 2.24) is 19.4 Å². The van der Waals surface area contributed by atoms with E-state index in [1.165, 1.54) is 7.11 Å². The van der Waals surface area contributed by atoms with Crippen LogP contribution in [0, 0.1) is 20.8 Å². The third kappa shape index (κ3) is 3.04. The van der Waals surface area contributed by atoms with Crippen LogP contribution in [0.15, 0.2) is 30.6 Å². The van der Waals surface area contributed by atoms with Crippen LogP contribution in [0.2, 0.25) is 0 Å². The number of ether oxygens (including phenoxy) is 1. The topological polar surface area (TPSA) is 72.3 Å². The van der Waals surface area contributed by atoms with Crippen LogP contribution >= 0.6 is 11.3 Å². The summed E-state index contributed by atoms with van der Waals surface area (Å²) in [5.41, 5.74) is 5.92. The number of H-pyrrole nitrogens is 1. The van der Waals surface area contributed by atoms with Crippen molar-refractivity contribution in [2.75, 3.05) is 7.11 Å². The highest BCUT2D eigenvalue weighted by Crippen LogP contribution is 2.33. The van der Waals surface area contributed by atoms with Crippen molar-refractivity contribution in [3.63, 3.8) is 0 Å². The number of hydrogen-bond acceptors (Lipinski definition) is 5. The number of aryl methyl sites for hydroxylation is 2. The molecule has 1 N–H and O–H groups in total. The molecule has 0 aliphatic carbocycles. The molecule has 0 aromatic carbocycles. The van der Waals surface area contributed by atoms with Gasteiger partial charge in [0.25, 0.3) is 0 Å². The molecule has 138 valence electrons. The number of carbonyl (C=O) groups is 1. The van der Waals surface area contributed by atoms with E-state index in [9.17, 15) is 4.79 Å². The molecule has 0 saturated heterocycles. The van der Waals surface area contributed by atoms with Gasteiger partial charge in [0.15, 0.2) is 0 Å². The molecule has 0 atom stereocenters. The van der Waals surface area contributed by atoms with Crippen LogP contribution in [-0.4, -0.2) is 32.4 Å². The molecule has 4 rings (SSSR count). The molecule has 6 nitrogen and oxygen atoms in total. The molecule has 0 amide bonds. The Hall–Kier alpha value is -2.93. The number of aromatic amines is 1. The van der Waals surface area contributed by atoms with Gasteiger partial charge in [-0.05, 0) is 38.5 Å². The first-order valence-corrected chi connectivity index (χ1v) is 9.46. The van der Waals surface area contributed by atoms with Crippen molar-refractivity contribution >= 4 is 23.0 Å². The van der Waals surface area contributed by atoms with Crippen LogP contribution in [0.25, 0.3) is 17.0 Å². The number of rotatable bonds is 4. The fourth-order valence-corrected chi connectivity index (χ4v) is 4.34. The molecule has 4 aromatic rings. The number of nitrogens with zero attached hydrogens (tertiary/aromatic N) is 3. The Morgan fingerprint density at radius 1 is 1.26 bits per heavy atom. The number of carbonyl (C=O) groups excluding carboxylic acids is 1. The highest BCUT2D eigenvalue weighted by atomic mass is 32.1. The minimum atomic E-state index is -0.328. The smallest absolute Gasteiger partial charge is 0.339 e. The zero-order valence-electron chi connectivity index (χ0n) is 15.7. The van der Waals surface area contributed by atoms with Crippen molar-refractivity contribution < 1.29 is 9.53 Å². The lowest BCUT2D eigenvalue weighted by molar-refractivity contribution is 0.0599. The lowest BCUT2D eigenvalue weighted by atomic mass is 10.1. The van der Waals surface area contributed by atoms with Gasteiger partial charge in [-0.15, -0.1) is 11.3 Å². The van der Waals surface area contributed by atoms with Crippen molar-refractivity contribution in [3.05, 3.63) is 63.0 Å². The predicted octanol–water partition coefficient (Wildman–Crippen LogP) is 4.09. The predicted molar refractivity (Wildman–Crippen MR) is 105 cm³/mol. The van der Waals surface area contributed by atoms with E-state index in [1.807, 2.05) is 55.8 Å². The van der Waals surface area contributed by atoms with Gasteiger partial charge < -0.3 is 14.1 Å². The number of thiazole rings is 1. The SMILES string of the molecule is COC(=O)c1c(C)[nH]c(-c2nc(Cc3cn4ccccc4n3)sc2C)c1C. The summed E-state index contributed by atoms with van der Waals surface area (Å²) in [7, 11) is 1.40. The third-order valence-corrected chi connectivity index (χ3v) is 5.62. The summed E-state index contributed by atoms with van der Waals surface area (Å²) >= 11 is 1.66. The molecule has 4 heterocycles. The van der Waals surface area contributed by atoms with Gasteiger partial charge >= 0.3 is 5.97 Å². The van der Waals surface area contributed by atoms with Gasteiger partial charge in [0, 0.05) is 29.4 Å². The molecule has 0 unspecified atom stereocenters. The van der Waals surface area contributed by atoms with E-state index in [0.717, 1.165) is 43.9 Å². The fraction of sp³-hybridized carbons (Fsp3) is 0.250. The van der Waals surface area contributed by atoms with Gasteiger partial charge in [0.2, 0.25) is 0 Å². The van der Waals surface area contributed by atoms with E-state index in [2.05, 4.69) is 9.97 Å². The standard InChI is InChI=1S/C20H20N4O2S/c1-11-17(20(25)26-4)12(2)21-18(11)19-13(3)27-16(23-19)9-14-10-24-8-6-5-7-15(24)22-14/h5-8,10,21H,9H2,1-4H3. The lowest BCUT2D eigenvalue weighted by Gasteiger charge is -2.00. The number of imidazole rings is 1. The summed E-state index contributed by atoms with van der Waals surface area (Å²) in [4.78, 5) is 25.9. The van der Waals surface area contributed by atoms with Crippen molar-refractivity contribution in [2.24, 2.45) is 0 Å². The van der Waals surface area contributed by atoms with Crippen LogP contribution in [0.3, 0.4) is 0 Å². The Bertz CT molecular complexity index is 1120. The molecular formula is C20H20N4O2S. The van der Waals surface area contributed by atoms with E-state index in [4.69, 9.17) is 9.72 Å². The van der Waals surface area contributed by atoms with Gasteiger partial charge in [-0.2, -0.15) is 0 Å². The Morgan fingerprint density at radius 3 is 2.81 bits per heavy atom. The number of pyridine rings is 1. The minimum absolute atomic E-state index is 0.328. The number of esters is 1. The second kappa shape index (κ2) is 6.66. The van der Waals surface area contributed by atoms with Crippen LogP contribution in [0.4, 0.5) is 0 Å². The first-order chi connectivity index (χ1) is 13.0. The highest BCUT2D eigenvalue weighted by molar-refractivity contribution is 7.12. The third-order valence-electron chi connectivity index (χ3n) is 4.65. The molecule has 27 heavy (non-hydrogen) atoms. The summed E-state index contributed by atoms with van der Waals surface area (Å²) in [6, 6.07) is 5.95. The van der Waals surface area contributed by atoms with Crippen molar-refractivity contribution in [2.45, 2.75) is 27.2 Å². The average Bonchev–Trinajstić information content (AvgIpc) is 3.29. The van der Waals surface area contributed by atoms with Crippen LogP contribution in [-0.2, 0) is 11.2 Å². The van der Waals surface area contributed by atoms with Gasteiger partial charge in [-0.3, -0.25) is 0 Å². The summed E-state index contributed by atoms with van der Waals surface area (Å²) in [5.74, 6) is -0.328. The lowest BCUT2D eigenvalue weighted by Crippen LogP contribution is -2.03. The molecular weight excluding hydrogens is 360 g/mol. The van der Waals surface area contributed by atoms with E-state index < -0.39 is 0 Å². The van der Waals surface area contributed by atoms with Gasteiger partial charge in [0.05, 0.1) is 29.1 Å². The first-order valence-electron chi connectivity index (χ1n) is 8.64. The summed E-state index contributed by atoms with van der Waals surface area (Å²) in [5, 5.41) is 0.997. The molecule has 7 heteroatoms. The first kappa shape index (κ1) is 17.5. The second-order valence-corrected chi connectivity index (χ2v) is 7.79. The average molecular weight is 380 g/mol. The monoisotopic (exact) mass is 380 g/mol. The van der Waals surface area contributed by atoms with Gasteiger partial charge in [-0.1, -0.05) is 6.07 Å². The second-order valence-electron chi connectivity index (χ2n) is 6.50. The molecule has 0 saturated carbocycles. The maximum Gasteiger partial charge on any atom is 0.339 e. The Morgan fingerprint density at radius 2 is 2.07 bits per heavy atom. The Balaban J connectivity index is 1.68. The van der Waals surface area contributed by atoms with E-state index in [0.29, 0.717) is 12.0 Å². The maximum atomic E-state index is 12.0. The Kier molecular flexibility index (Phi) is 4.31. The Labute approximate surface area is 160 Å². The highest BCUT2D eigenvalue weighted by Gasteiger charge is 2.22. The quantitative estimate of drug-likeness (QED) is 0.541. The summed E-state index contributed by atoms with van der Waals surface area (Å²) in [6.45, 7) is 5.85. The minimum Gasteiger partial charge on any atom is -0.465 e. The van der Waals surface area contributed by atoms with Crippen LogP contribution in [0.1, 0.15) is 37.2 Å². The summed E-state index contributed by atoms with van der Waals surface area (Å²) < 4.78 is 6.91. The number of fused-ring (bicyclic) bond motifs is 1. The fourth-order valence-electron chi connectivity index (χ4n) is 3.38. The number of aromatic nitrogens is 4. The molecule has 0 spiro atoms. The zero-order valence-corrected chi connectivity index (χ0v) is 16.5. The molecule has 0 radical (unpaired) electrons. The molecule has 0 fully saturated rings. The van der Waals surface area contributed by atoms with E-state index >= 15 is 0 Å². The number of nitrogens with one attached hydrogen (secondary N) is 1. The van der Waals surface area contributed by atoms with Crippen molar-refractivity contribution in [1.29, 1.82) is 0 Å². The van der Waals surface area contributed by atoms with Gasteiger partial charge in [-0.25, -0.2) is 14.8 Å². The molecule has 0 aliphatic heterocycles. The summed E-state index contributed by atoms with van der Waals surface area (Å²) in [6.07, 6.45) is 4.70. The van der Waals surface area contributed by atoms with E-state index in [-0.39, 0.29) is 5.97 Å². The van der Waals surface area contributed by atoms with Gasteiger partial charge in [0.1, 0.15) is 11.3 Å². The largest absolute Gasteiger partial charge is 0.465 e. The van der Waals surface area contributed by atoms with Crippen LogP contribution in [0.5, 0.6) is 0 Å². The zero-order chi connectivity index (χ0) is 19.1. The molecule has 0 aliphatic rings. The number of hydrogen-bond donors (Lipinski definition) is 1. The van der Waals surface area contributed by atoms with Crippen LogP contribution < -0.4 is 0 Å².